The number of nitrogens with two attached hydrogens (primary N) is 1. The van der Waals surface area contributed by atoms with Crippen LogP contribution in [0.5, 0.6) is 0 Å². The van der Waals surface area contributed by atoms with E-state index in [-0.39, 0.29) is 6.04 Å². The van der Waals surface area contributed by atoms with Crippen molar-refractivity contribution < 1.29 is 0 Å². The molecule has 0 aliphatic rings. The highest BCUT2D eigenvalue weighted by Gasteiger charge is 2.09. The Balaban J connectivity index is 2.46. The molecule has 1 unspecified atom stereocenters. The first-order chi connectivity index (χ1) is 7.50. The molecule has 0 saturated carbocycles. The molecule has 2 N–H and O–H groups in total. The van der Waals surface area contributed by atoms with E-state index in [2.05, 4.69) is 28.9 Å². The van der Waals surface area contributed by atoms with Crippen molar-refractivity contribution in [2.24, 2.45) is 11.7 Å². The number of nitrogens with zero attached hydrogens (tertiary/aromatic N) is 3. The highest BCUT2D eigenvalue weighted by molar-refractivity contribution is 5.35. The number of hydrogen-bond acceptors (Lipinski definition) is 4. The maximum atomic E-state index is 6.00. The van der Waals surface area contributed by atoms with Crippen LogP contribution < -0.4 is 10.6 Å². The minimum Gasteiger partial charge on any atom is -0.358 e. The standard InChI is InChI=1S/C12H22N4/c1-9(2)11(13)7-8-16(4)12-6-5-10(3)14-15-12/h5-6,9,11H,7-8,13H2,1-4H3. The molecular formula is C12H22N4. The SMILES string of the molecule is Cc1ccc(N(C)CCC(N)C(C)C)nn1. The summed E-state index contributed by atoms with van der Waals surface area (Å²) in [5, 5.41) is 8.18. The lowest BCUT2D eigenvalue weighted by Crippen LogP contribution is -2.32. The zero-order valence-corrected chi connectivity index (χ0v) is 10.6. The Morgan fingerprint density at radius 1 is 1.31 bits per heavy atom. The van der Waals surface area contributed by atoms with Gasteiger partial charge in [-0.15, -0.1) is 5.10 Å². The summed E-state index contributed by atoms with van der Waals surface area (Å²) < 4.78 is 0. The van der Waals surface area contributed by atoms with Gasteiger partial charge in [0.1, 0.15) is 0 Å². The third-order valence-electron chi connectivity index (χ3n) is 2.83. The summed E-state index contributed by atoms with van der Waals surface area (Å²) in [4.78, 5) is 2.09. The van der Waals surface area contributed by atoms with Crippen molar-refractivity contribution in [2.75, 3.05) is 18.5 Å². The van der Waals surface area contributed by atoms with E-state index in [1.807, 2.05) is 26.1 Å². The topological polar surface area (TPSA) is 55.0 Å². The van der Waals surface area contributed by atoms with E-state index in [0.717, 1.165) is 24.5 Å². The summed E-state index contributed by atoms with van der Waals surface area (Å²) in [6.07, 6.45) is 0.976. The van der Waals surface area contributed by atoms with Crippen LogP contribution >= 0.6 is 0 Å². The molecule has 0 bridgehead atoms. The van der Waals surface area contributed by atoms with Crippen molar-refractivity contribution in [3.63, 3.8) is 0 Å². The number of anilines is 1. The Morgan fingerprint density at radius 2 is 2.00 bits per heavy atom. The van der Waals surface area contributed by atoms with Gasteiger partial charge in [-0.1, -0.05) is 13.8 Å². The molecule has 0 radical (unpaired) electrons. The summed E-state index contributed by atoms with van der Waals surface area (Å²) in [6.45, 7) is 7.15. The van der Waals surface area contributed by atoms with Crippen LogP contribution in [0, 0.1) is 12.8 Å². The normalized spacial score (nSPS) is 12.9. The van der Waals surface area contributed by atoms with Gasteiger partial charge in [-0.3, -0.25) is 0 Å². The molecule has 16 heavy (non-hydrogen) atoms. The monoisotopic (exact) mass is 222 g/mol. The van der Waals surface area contributed by atoms with E-state index in [1.54, 1.807) is 0 Å². The molecule has 0 aliphatic carbocycles. The van der Waals surface area contributed by atoms with Crippen LogP contribution in [-0.4, -0.2) is 29.8 Å². The van der Waals surface area contributed by atoms with Gasteiger partial charge in [0.25, 0.3) is 0 Å². The summed E-state index contributed by atoms with van der Waals surface area (Å²) in [6, 6.07) is 4.21. The summed E-state index contributed by atoms with van der Waals surface area (Å²) in [7, 11) is 2.02. The van der Waals surface area contributed by atoms with Gasteiger partial charge in [-0.05, 0) is 31.4 Å². The second-order valence-corrected chi connectivity index (χ2v) is 4.65. The molecule has 0 aromatic carbocycles. The van der Waals surface area contributed by atoms with E-state index >= 15 is 0 Å². The maximum Gasteiger partial charge on any atom is 0.150 e. The molecule has 0 fully saturated rings. The average Bonchev–Trinajstić information content (AvgIpc) is 2.26. The first-order valence-electron chi connectivity index (χ1n) is 5.77. The lowest BCUT2D eigenvalue weighted by molar-refractivity contribution is 0.465. The highest BCUT2D eigenvalue weighted by Crippen LogP contribution is 2.09. The van der Waals surface area contributed by atoms with Crippen LogP contribution in [-0.2, 0) is 0 Å². The average molecular weight is 222 g/mol. The maximum absolute atomic E-state index is 6.00. The van der Waals surface area contributed by atoms with Crippen LogP contribution in [0.4, 0.5) is 5.82 Å². The van der Waals surface area contributed by atoms with Crippen LogP contribution in [0.15, 0.2) is 12.1 Å². The highest BCUT2D eigenvalue weighted by atomic mass is 15.2. The van der Waals surface area contributed by atoms with Gasteiger partial charge in [-0.2, -0.15) is 5.10 Å². The van der Waals surface area contributed by atoms with Gasteiger partial charge in [0.2, 0.25) is 0 Å². The molecule has 4 heteroatoms. The molecule has 0 saturated heterocycles. The van der Waals surface area contributed by atoms with Crippen LogP contribution in [0.2, 0.25) is 0 Å². The van der Waals surface area contributed by atoms with Crippen LogP contribution in [0.25, 0.3) is 0 Å². The van der Waals surface area contributed by atoms with Gasteiger partial charge in [0, 0.05) is 19.6 Å². The third-order valence-corrected chi connectivity index (χ3v) is 2.83. The van der Waals surface area contributed by atoms with Crippen molar-refractivity contribution in [3.8, 4) is 0 Å². The number of aryl methyl sites for hydroxylation is 1. The Kier molecular flexibility index (Phi) is 4.68. The molecule has 1 heterocycles. The number of hydrogen-bond donors (Lipinski definition) is 1. The fourth-order valence-electron chi connectivity index (χ4n) is 1.39. The predicted octanol–water partition coefficient (Wildman–Crippen LogP) is 1.59. The number of aromatic nitrogens is 2. The van der Waals surface area contributed by atoms with E-state index < -0.39 is 0 Å². The van der Waals surface area contributed by atoms with Crippen LogP contribution in [0.1, 0.15) is 26.0 Å². The molecule has 90 valence electrons. The van der Waals surface area contributed by atoms with Gasteiger partial charge in [-0.25, -0.2) is 0 Å². The zero-order chi connectivity index (χ0) is 12.1. The number of rotatable bonds is 5. The smallest absolute Gasteiger partial charge is 0.150 e. The molecule has 0 amide bonds. The van der Waals surface area contributed by atoms with Gasteiger partial charge in [0.05, 0.1) is 5.69 Å². The Morgan fingerprint density at radius 3 is 2.50 bits per heavy atom. The van der Waals surface area contributed by atoms with Gasteiger partial charge >= 0.3 is 0 Å². The second kappa shape index (κ2) is 5.80. The van der Waals surface area contributed by atoms with Crippen molar-refractivity contribution in [3.05, 3.63) is 17.8 Å². The van der Waals surface area contributed by atoms with E-state index in [4.69, 9.17) is 5.73 Å². The molecular weight excluding hydrogens is 200 g/mol. The molecule has 0 spiro atoms. The van der Waals surface area contributed by atoms with Crippen molar-refractivity contribution in [1.82, 2.24) is 10.2 Å². The zero-order valence-electron chi connectivity index (χ0n) is 10.6. The van der Waals surface area contributed by atoms with E-state index in [0.29, 0.717) is 5.92 Å². The molecule has 1 aromatic heterocycles. The summed E-state index contributed by atoms with van der Waals surface area (Å²) >= 11 is 0. The van der Waals surface area contributed by atoms with Crippen molar-refractivity contribution >= 4 is 5.82 Å². The molecule has 0 aliphatic heterocycles. The van der Waals surface area contributed by atoms with Crippen molar-refractivity contribution in [2.45, 2.75) is 33.2 Å². The Labute approximate surface area is 97.9 Å². The fourth-order valence-corrected chi connectivity index (χ4v) is 1.39. The molecule has 1 aromatic rings. The van der Waals surface area contributed by atoms with Gasteiger partial charge < -0.3 is 10.6 Å². The quantitative estimate of drug-likeness (QED) is 0.822. The fraction of sp³-hybridized carbons (Fsp3) is 0.667. The molecule has 1 atom stereocenters. The van der Waals surface area contributed by atoms with E-state index in [9.17, 15) is 0 Å². The lowest BCUT2D eigenvalue weighted by Gasteiger charge is -2.21. The minimum absolute atomic E-state index is 0.251. The van der Waals surface area contributed by atoms with Crippen molar-refractivity contribution in [1.29, 1.82) is 0 Å². The second-order valence-electron chi connectivity index (χ2n) is 4.65. The third kappa shape index (κ3) is 3.77. The predicted molar refractivity (Wildman–Crippen MR) is 67.5 cm³/mol. The lowest BCUT2D eigenvalue weighted by atomic mass is 10.0. The Hall–Kier alpha value is -1.16. The minimum atomic E-state index is 0.251. The molecule has 4 nitrogen and oxygen atoms in total. The van der Waals surface area contributed by atoms with E-state index in [1.165, 1.54) is 0 Å². The summed E-state index contributed by atoms with van der Waals surface area (Å²) in [5.41, 5.74) is 6.95. The summed E-state index contributed by atoms with van der Waals surface area (Å²) in [5.74, 6) is 1.43. The largest absolute Gasteiger partial charge is 0.358 e. The van der Waals surface area contributed by atoms with Gasteiger partial charge in [0.15, 0.2) is 5.82 Å². The molecule has 1 rings (SSSR count). The first kappa shape index (κ1) is 12.9. The van der Waals surface area contributed by atoms with Crippen LogP contribution in [0.3, 0.4) is 0 Å². The first-order valence-corrected chi connectivity index (χ1v) is 5.77. The Bertz CT molecular complexity index is 307.